The Kier molecular flexibility index (Phi) is 7.70. The van der Waals surface area contributed by atoms with Crippen molar-refractivity contribution in [2.45, 2.75) is 26.7 Å². The molecule has 1 aromatic heterocycles. The molecule has 0 spiro atoms. The molecule has 0 radical (unpaired) electrons. The van der Waals surface area contributed by atoms with Crippen LogP contribution >= 0.6 is 0 Å². The van der Waals surface area contributed by atoms with Gasteiger partial charge in [-0.25, -0.2) is 9.78 Å². The molecule has 35 heavy (non-hydrogen) atoms. The molecule has 1 saturated heterocycles. The number of nitrogens with zero attached hydrogens (tertiary/aromatic N) is 2. The van der Waals surface area contributed by atoms with Gasteiger partial charge < -0.3 is 23.9 Å². The molecule has 3 aromatic rings. The summed E-state index contributed by atoms with van der Waals surface area (Å²) in [5, 5.41) is 9.65. The maximum Gasteiger partial charge on any atom is 0.409 e. The molecule has 0 unspecified atom stereocenters. The van der Waals surface area contributed by atoms with E-state index < -0.39 is 18.0 Å². The zero-order valence-corrected chi connectivity index (χ0v) is 20.0. The highest BCUT2D eigenvalue weighted by molar-refractivity contribution is 5.74. The van der Waals surface area contributed by atoms with Crippen LogP contribution in [-0.2, 0) is 22.4 Å². The number of hydrogen-bond acceptors (Lipinski definition) is 6. The second-order valence-electron chi connectivity index (χ2n) is 8.65. The number of hydrogen-bond donors (Lipinski definition) is 1. The van der Waals surface area contributed by atoms with E-state index in [0.29, 0.717) is 37.6 Å². The lowest BCUT2D eigenvalue weighted by Crippen LogP contribution is -2.30. The van der Waals surface area contributed by atoms with Gasteiger partial charge in [-0.2, -0.15) is 0 Å². The first kappa shape index (κ1) is 24.3. The number of carbonyl (C=O) groups excluding carboxylic acids is 1. The van der Waals surface area contributed by atoms with Crippen molar-refractivity contribution in [1.82, 2.24) is 9.88 Å². The molecule has 0 saturated carbocycles. The molecular weight excluding hydrogens is 448 g/mol. The van der Waals surface area contributed by atoms with Gasteiger partial charge in [0, 0.05) is 25.1 Å². The summed E-state index contributed by atoms with van der Waals surface area (Å²) in [5.74, 6) is 0.361. The lowest BCUT2D eigenvalue weighted by Gasteiger charge is -2.16. The number of aliphatic carboxylic acids is 1. The smallest absolute Gasteiger partial charge is 0.409 e. The molecule has 1 aliphatic heterocycles. The molecule has 8 heteroatoms. The molecular formula is C27H30N2O6. The van der Waals surface area contributed by atoms with Gasteiger partial charge >= 0.3 is 12.1 Å². The summed E-state index contributed by atoms with van der Waals surface area (Å²) in [5.41, 5.74) is 2.76. The van der Waals surface area contributed by atoms with Crippen LogP contribution in [-0.4, -0.2) is 53.4 Å². The third-order valence-corrected chi connectivity index (χ3v) is 6.20. The van der Waals surface area contributed by atoms with Gasteiger partial charge in [-0.3, -0.25) is 4.79 Å². The molecule has 1 amide bonds. The number of ether oxygens (including phenoxy) is 2. The highest BCUT2D eigenvalue weighted by atomic mass is 16.6. The maximum absolute atomic E-state index is 12.1. The number of aryl methyl sites for hydroxylation is 1. The van der Waals surface area contributed by atoms with Gasteiger partial charge in [0.05, 0.1) is 24.8 Å². The summed E-state index contributed by atoms with van der Waals surface area (Å²) >= 11 is 0. The molecule has 0 aliphatic carbocycles. The van der Waals surface area contributed by atoms with Gasteiger partial charge in [0.15, 0.2) is 0 Å². The van der Waals surface area contributed by atoms with Crippen molar-refractivity contribution in [3.63, 3.8) is 0 Å². The zero-order valence-electron chi connectivity index (χ0n) is 20.0. The highest BCUT2D eigenvalue weighted by Gasteiger charge is 2.40. The van der Waals surface area contributed by atoms with Gasteiger partial charge in [0.2, 0.25) is 5.89 Å². The predicted octanol–water partition coefficient (Wildman–Crippen LogP) is 4.60. The molecule has 1 aliphatic rings. The average molecular weight is 479 g/mol. The minimum atomic E-state index is -0.896. The Bertz CT molecular complexity index is 1160. The Morgan fingerprint density at radius 1 is 1.14 bits per heavy atom. The Balaban J connectivity index is 1.35. The van der Waals surface area contributed by atoms with Crippen LogP contribution in [0.15, 0.2) is 59.0 Å². The van der Waals surface area contributed by atoms with Crippen LogP contribution in [0.5, 0.6) is 5.75 Å². The summed E-state index contributed by atoms with van der Waals surface area (Å²) in [6.07, 6.45) is 0.675. The van der Waals surface area contributed by atoms with E-state index in [1.165, 1.54) is 4.90 Å². The van der Waals surface area contributed by atoms with Crippen molar-refractivity contribution in [2.75, 3.05) is 26.3 Å². The molecule has 8 nitrogen and oxygen atoms in total. The number of carboxylic acid groups (broad SMARTS) is 1. The van der Waals surface area contributed by atoms with Crippen molar-refractivity contribution in [1.29, 1.82) is 0 Å². The summed E-state index contributed by atoms with van der Waals surface area (Å²) < 4.78 is 16.8. The quantitative estimate of drug-likeness (QED) is 0.479. The zero-order chi connectivity index (χ0) is 24.8. The summed E-state index contributed by atoms with van der Waals surface area (Å²) in [4.78, 5) is 30.0. The molecule has 0 bridgehead atoms. The van der Waals surface area contributed by atoms with Crippen molar-refractivity contribution in [2.24, 2.45) is 11.8 Å². The van der Waals surface area contributed by atoms with Gasteiger partial charge in [-0.1, -0.05) is 30.3 Å². The molecule has 4 rings (SSSR count). The number of carboxylic acids is 1. The van der Waals surface area contributed by atoms with Crippen LogP contribution in [0.25, 0.3) is 11.5 Å². The normalized spacial score (nSPS) is 17.4. The van der Waals surface area contributed by atoms with Crippen LogP contribution in [0.3, 0.4) is 0 Å². The topological polar surface area (TPSA) is 102 Å². The fourth-order valence-electron chi connectivity index (χ4n) is 4.42. The van der Waals surface area contributed by atoms with Crippen molar-refractivity contribution in [3.05, 3.63) is 71.6 Å². The predicted molar refractivity (Wildman–Crippen MR) is 129 cm³/mol. The third-order valence-electron chi connectivity index (χ3n) is 6.20. The molecule has 2 atom stereocenters. The van der Waals surface area contributed by atoms with Crippen LogP contribution in [0.1, 0.15) is 23.9 Å². The minimum absolute atomic E-state index is 0.164. The Labute approximate surface area is 204 Å². The van der Waals surface area contributed by atoms with E-state index in [1.807, 2.05) is 61.5 Å². The largest absolute Gasteiger partial charge is 0.493 e. The van der Waals surface area contributed by atoms with Crippen LogP contribution in [0.2, 0.25) is 0 Å². The second kappa shape index (κ2) is 11.1. The van der Waals surface area contributed by atoms with E-state index in [0.717, 1.165) is 22.6 Å². The fraction of sp³-hybridized carbons (Fsp3) is 0.370. The fourth-order valence-corrected chi connectivity index (χ4v) is 4.42. The SMILES string of the molecule is CCOC(=O)N1C[C@H](Cc2cccc(OCCc3nc(-c4ccccc4)oc3C)c2)[C@@H](C(=O)O)C1. The molecule has 184 valence electrons. The van der Waals surface area contributed by atoms with E-state index in [-0.39, 0.29) is 19.1 Å². The van der Waals surface area contributed by atoms with Crippen molar-refractivity contribution < 1.29 is 28.6 Å². The summed E-state index contributed by atoms with van der Waals surface area (Å²) in [6.45, 7) is 4.85. The number of rotatable bonds is 9. The van der Waals surface area contributed by atoms with E-state index in [4.69, 9.17) is 13.9 Å². The lowest BCUT2D eigenvalue weighted by molar-refractivity contribution is -0.142. The number of aromatic nitrogens is 1. The summed E-state index contributed by atoms with van der Waals surface area (Å²) in [7, 11) is 0. The summed E-state index contributed by atoms with van der Waals surface area (Å²) in [6, 6.07) is 17.4. The van der Waals surface area contributed by atoms with Gasteiger partial charge in [-0.15, -0.1) is 0 Å². The average Bonchev–Trinajstić information content (AvgIpc) is 3.44. The van der Waals surface area contributed by atoms with Gasteiger partial charge in [0.25, 0.3) is 0 Å². The monoisotopic (exact) mass is 478 g/mol. The number of likely N-dealkylation sites (tertiary alicyclic amines) is 1. The highest BCUT2D eigenvalue weighted by Crippen LogP contribution is 2.29. The minimum Gasteiger partial charge on any atom is -0.493 e. The van der Waals surface area contributed by atoms with Crippen LogP contribution in [0.4, 0.5) is 4.79 Å². The lowest BCUT2D eigenvalue weighted by atomic mass is 9.90. The van der Waals surface area contributed by atoms with Crippen LogP contribution in [0, 0.1) is 18.8 Å². The Morgan fingerprint density at radius 3 is 2.69 bits per heavy atom. The van der Waals surface area contributed by atoms with Crippen LogP contribution < -0.4 is 4.74 Å². The Hall–Kier alpha value is -3.81. The van der Waals surface area contributed by atoms with E-state index in [9.17, 15) is 14.7 Å². The number of oxazole rings is 1. The standard InChI is InChI=1S/C27H30N2O6/c1-3-33-27(32)29-16-21(23(17-29)26(30)31)14-19-8-7-11-22(15-19)34-13-12-24-18(2)35-25(28-24)20-9-5-4-6-10-20/h4-11,15,21,23H,3,12-14,16-17H2,1-2H3,(H,30,31)/t21-,23-/m0/s1. The number of carbonyl (C=O) groups is 2. The third kappa shape index (κ3) is 6.01. The van der Waals surface area contributed by atoms with E-state index in [2.05, 4.69) is 4.98 Å². The second-order valence-corrected chi connectivity index (χ2v) is 8.65. The first-order valence-corrected chi connectivity index (χ1v) is 11.8. The van der Waals surface area contributed by atoms with Crippen molar-refractivity contribution in [3.8, 4) is 17.2 Å². The van der Waals surface area contributed by atoms with Gasteiger partial charge in [-0.05, 0) is 56.0 Å². The number of amides is 1. The molecule has 2 heterocycles. The number of benzene rings is 2. The van der Waals surface area contributed by atoms with E-state index in [1.54, 1.807) is 6.92 Å². The van der Waals surface area contributed by atoms with E-state index >= 15 is 0 Å². The molecule has 1 N–H and O–H groups in total. The molecule has 1 fully saturated rings. The van der Waals surface area contributed by atoms with Crippen molar-refractivity contribution >= 4 is 12.1 Å². The maximum atomic E-state index is 12.1. The molecule has 2 aromatic carbocycles. The Morgan fingerprint density at radius 2 is 1.94 bits per heavy atom. The first-order valence-electron chi connectivity index (χ1n) is 11.8. The van der Waals surface area contributed by atoms with Gasteiger partial charge in [0.1, 0.15) is 11.5 Å². The first-order chi connectivity index (χ1) is 16.9.